The Hall–Kier alpha value is -2.60. The van der Waals surface area contributed by atoms with Crippen molar-refractivity contribution in [3.05, 3.63) is 48.3 Å². The Morgan fingerprint density at radius 3 is 2.78 bits per heavy atom. The van der Waals surface area contributed by atoms with Crippen molar-refractivity contribution in [3.8, 4) is 11.5 Å². The van der Waals surface area contributed by atoms with E-state index in [0.29, 0.717) is 36.7 Å². The number of methoxy groups -OCH3 is 2. The summed E-state index contributed by atoms with van der Waals surface area (Å²) in [6.45, 7) is 1.26. The van der Waals surface area contributed by atoms with Crippen LogP contribution in [0.5, 0.6) is 11.5 Å². The summed E-state index contributed by atoms with van der Waals surface area (Å²) in [6.07, 6.45) is 3.90. The number of rotatable bonds is 8. The van der Waals surface area contributed by atoms with E-state index in [1.54, 1.807) is 44.8 Å². The number of hydrogen-bond donors (Lipinski definition) is 2. The van der Waals surface area contributed by atoms with Crippen molar-refractivity contribution >= 4 is 11.6 Å². The molecule has 0 saturated carbocycles. The van der Waals surface area contributed by atoms with Crippen LogP contribution in [0.2, 0.25) is 0 Å². The van der Waals surface area contributed by atoms with Gasteiger partial charge in [-0.3, -0.25) is 9.78 Å². The minimum absolute atomic E-state index is 0.0877. The Morgan fingerprint density at radius 1 is 1.22 bits per heavy atom. The van der Waals surface area contributed by atoms with Crippen LogP contribution < -0.4 is 20.1 Å². The van der Waals surface area contributed by atoms with Gasteiger partial charge >= 0.3 is 0 Å². The summed E-state index contributed by atoms with van der Waals surface area (Å²) in [4.78, 5) is 16.1. The summed E-state index contributed by atoms with van der Waals surface area (Å²) < 4.78 is 10.4. The minimum atomic E-state index is -0.0877. The van der Waals surface area contributed by atoms with Crippen molar-refractivity contribution < 1.29 is 14.3 Å². The Kier molecular flexibility index (Phi) is 6.38. The average molecular weight is 315 g/mol. The van der Waals surface area contributed by atoms with E-state index in [1.165, 1.54) is 0 Å². The molecule has 0 aliphatic carbocycles. The predicted octanol–water partition coefficient (Wildman–Crippen LogP) is 2.22. The topological polar surface area (TPSA) is 72.5 Å². The lowest BCUT2D eigenvalue weighted by Gasteiger charge is -2.12. The fraction of sp³-hybridized carbons (Fsp3) is 0.294. The highest BCUT2D eigenvalue weighted by Crippen LogP contribution is 2.28. The van der Waals surface area contributed by atoms with Gasteiger partial charge in [0.25, 0.3) is 0 Å². The molecule has 0 bridgehead atoms. The number of hydrogen-bond acceptors (Lipinski definition) is 5. The highest BCUT2D eigenvalue weighted by Gasteiger charge is 2.08. The maximum absolute atomic E-state index is 12.0. The van der Waals surface area contributed by atoms with Crippen LogP contribution in [-0.2, 0) is 11.3 Å². The molecule has 0 spiro atoms. The number of aromatic nitrogens is 1. The van der Waals surface area contributed by atoms with Crippen molar-refractivity contribution in [2.75, 3.05) is 26.1 Å². The first-order valence-corrected chi connectivity index (χ1v) is 7.34. The number of ether oxygens (including phenoxy) is 2. The second-order valence-electron chi connectivity index (χ2n) is 4.90. The zero-order chi connectivity index (χ0) is 16.5. The lowest BCUT2D eigenvalue weighted by molar-refractivity contribution is -0.116. The molecule has 2 N–H and O–H groups in total. The van der Waals surface area contributed by atoms with Gasteiger partial charge in [0.15, 0.2) is 0 Å². The van der Waals surface area contributed by atoms with Crippen molar-refractivity contribution in [1.82, 2.24) is 10.3 Å². The molecule has 23 heavy (non-hydrogen) atoms. The molecule has 6 heteroatoms. The number of nitrogens with one attached hydrogen (secondary N) is 2. The summed E-state index contributed by atoms with van der Waals surface area (Å²) >= 11 is 0. The number of nitrogens with zero attached hydrogens (tertiary/aromatic N) is 1. The molecular formula is C17H21N3O3. The van der Waals surface area contributed by atoms with Gasteiger partial charge < -0.3 is 20.1 Å². The van der Waals surface area contributed by atoms with E-state index in [4.69, 9.17) is 9.47 Å². The molecule has 0 radical (unpaired) electrons. The third kappa shape index (κ3) is 5.27. The number of carbonyl (C=O) groups is 1. The number of benzene rings is 1. The van der Waals surface area contributed by atoms with E-state index < -0.39 is 0 Å². The third-order valence-corrected chi connectivity index (χ3v) is 3.26. The molecule has 0 aliphatic rings. The normalized spacial score (nSPS) is 10.2. The van der Waals surface area contributed by atoms with Crippen LogP contribution in [-0.4, -0.2) is 31.7 Å². The van der Waals surface area contributed by atoms with Crippen molar-refractivity contribution in [2.45, 2.75) is 13.0 Å². The van der Waals surface area contributed by atoms with Gasteiger partial charge in [0, 0.05) is 38.0 Å². The molecular weight excluding hydrogens is 294 g/mol. The quantitative estimate of drug-likeness (QED) is 0.731. The average Bonchev–Trinajstić information content (AvgIpc) is 2.59. The monoisotopic (exact) mass is 315 g/mol. The highest BCUT2D eigenvalue weighted by molar-refractivity contribution is 5.92. The molecule has 1 aromatic heterocycles. The maximum Gasteiger partial charge on any atom is 0.225 e. The van der Waals surface area contributed by atoms with Crippen LogP contribution in [0.25, 0.3) is 0 Å². The summed E-state index contributed by atoms with van der Waals surface area (Å²) in [7, 11) is 3.14. The Bertz CT molecular complexity index is 632. The maximum atomic E-state index is 12.0. The summed E-state index contributed by atoms with van der Waals surface area (Å²) in [5.74, 6) is 1.17. The number of amides is 1. The first-order chi connectivity index (χ1) is 11.2. The SMILES string of the molecule is COc1ccc(OC)c(NC(=O)CCNCc2cccnc2)c1. The number of carbonyl (C=O) groups excluding carboxylic acids is 1. The third-order valence-electron chi connectivity index (χ3n) is 3.26. The molecule has 2 aromatic rings. The van der Waals surface area contributed by atoms with Gasteiger partial charge in [0.05, 0.1) is 19.9 Å². The van der Waals surface area contributed by atoms with Gasteiger partial charge in [-0.25, -0.2) is 0 Å². The molecule has 6 nitrogen and oxygen atoms in total. The van der Waals surface area contributed by atoms with Crippen LogP contribution in [0.15, 0.2) is 42.7 Å². The molecule has 2 rings (SSSR count). The summed E-state index contributed by atoms with van der Waals surface area (Å²) in [5.41, 5.74) is 1.69. The van der Waals surface area contributed by atoms with Gasteiger partial charge in [-0.2, -0.15) is 0 Å². The lowest BCUT2D eigenvalue weighted by atomic mass is 10.2. The molecule has 0 atom stereocenters. The van der Waals surface area contributed by atoms with E-state index in [1.807, 2.05) is 12.1 Å². The van der Waals surface area contributed by atoms with E-state index >= 15 is 0 Å². The zero-order valence-corrected chi connectivity index (χ0v) is 13.3. The minimum Gasteiger partial charge on any atom is -0.497 e. The highest BCUT2D eigenvalue weighted by atomic mass is 16.5. The summed E-state index contributed by atoms with van der Waals surface area (Å²) in [5, 5.41) is 6.05. The second-order valence-corrected chi connectivity index (χ2v) is 4.90. The predicted molar refractivity (Wildman–Crippen MR) is 88.7 cm³/mol. The molecule has 0 fully saturated rings. The van der Waals surface area contributed by atoms with Gasteiger partial charge in [0.1, 0.15) is 11.5 Å². The smallest absolute Gasteiger partial charge is 0.225 e. The van der Waals surface area contributed by atoms with Crippen LogP contribution in [0.1, 0.15) is 12.0 Å². The number of anilines is 1. The van der Waals surface area contributed by atoms with Crippen LogP contribution in [0.3, 0.4) is 0 Å². The Balaban J connectivity index is 1.80. The standard InChI is InChI=1S/C17H21N3O3/c1-22-14-5-6-16(23-2)15(10-14)20-17(21)7-9-19-12-13-4-3-8-18-11-13/h3-6,8,10-11,19H,7,9,12H2,1-2H3,(H,20,21). The number of pyridine rings is 1. The van der Waals surface area contributed by atoms with Gasteiger partial charge in [-0.1, -0.05) is 6.07 Å². The van der Waals surface area contributed by atoms with Gasteiger partial charge in [0.2, 0.25) is 5.91 Å². The molecule has 0 unspecified atom stereocenters. The molecule has 1 heterocycles. The van der Waals surface area contributed by atoms with Crippen molar-refractivity contribution in [3.63, 3.8) is 0 Å². The van der Waals surface area contributed by atoms with E-state index in [9.17, 15) is 4.79 Å². The van der Waals surface area contributed by atoms with Crippen LogP contribution >= 0.6 is 0 Å². The summed E-state index contributed by atoms with van der Waals surface area (Å²) in [6, 6.07) is 9.15. The van der Waals surface area contributed by atoms with E-state index in [2.05, 4.69) is 15.6 Å². The molecule has 1 aromatic carbocycles. The van der Waals surface area contributed by atoms with Gasteiger partial charge in [-0.15, -0.1) is 0 Å². The molecule has 1 amide bonds. The Labute approximate surface area is 135 Å². The zero-order valence-electron chi connectivity index (χ0n) is 13.3. The van der Waals surface area contributed by atoms with Gasteiger partial charge in [-0.05, 0) is 23.8 Å². The molecule has 122 valence electrons. The van der Waals surface area contributed by atoms with Crippen LogP contribution in [0, 0.1) is 0 Å². The fourth-order valence-corrected chi connectivity index (χ4v) is 2.06. The van der Waals surface area contributed by atoms with E-state index in [0.717, 1.165) is 5.56 Å². The lowest BCUT2D eigenvalue weighted by Crippen LogP contribution is -2.21. The second kappa shape index (κ2) is 8.75. The fourth-order valence-electron chi connectivity index (χ4n) is 2.06. The van der Waals surface area contributed by atoms with Crippen LogP contribution in [0.4, 0.5) is 5.69 Å². The van der Waals surface area contributed by atoms with Crippen molar-refractivity contribution in [2.24, 2.45) is 0 Å². The first-order valence-electron chi connectivity index (χ1n) is 7.34. The Morgan fingerprint density at radius 2 is 2.09 bits per heavy atom. The molecule has 0 saturated heterocycles. The largest absolute Gasteiger partial charge is 0.497 e. The molecule has 0 aliphatic heterocycles. The van der Waals surface area contributed by atoms with E-state index in [-0.39, 0.29) is 5.91 Å². The first kappa shape index (κ1) is 16.8. The van der Waals surface area contributed by atoms with Crippen molar-refractivity contribution in [1.29, 1.82) is 0 Å².